The van der Waals surface area contributed by atoms with Gasteiger partial charge in [-0.15, -0.1) is 0 Å². The fourth-order valence-electron chi connectivity index (χ4n) is 8.77. The number of nitrogens with one attached hydrogen (secondary N) is 1. The number of carbonyl (C=O) groups is 3. The van der Waals surface area contributed by atoms with Gasteiger partial charge in [-0.05, 0) is 37.6 Å². The maximum absolute atomic E-state index is 14.8. The number of ketones is 1. The van der Waals surface area contributed by atoms with Crippen molar-refractivity contribution >= 4 is 29.1 Å². The predicted octanol–water partition coefficient (Wildman–Crippen LogP) is 6.72. The van der Waals surface area contributed by atoms with Crippen molar-refractivity contribution in [1.29, 1.82) is 0 Å². The number of esters is 1. The molecule has 7 rings (SSSR count). The number of aromatic hydroxyl groups is 1. The van der Waals surface area contributed by atoms with Crippen LogP contribution >= 0.6 is 0 Å². The fourth-order valence-corrected chi connectivity index (χ4v) is 8.77. The predicted molar refractivity (Wildman–Crippen MR) is 239 cm³/mol. The molecule has 15 nitrogen and oxygen atoms in total. The molecule has 3 aromatic rings. The Hall–Kier alpha value is -6.26. The van der Waals surface area contributed by atoms with Crippen LogP contribution in [0.1, 0.15) is 87.2 Å². The molecule has 4 aliphatic rings. The van der Waals surface area contributed by atoms with Crippen LogP contribution in [-0.2, 0) is 30.4 Å². The average molecular weight is 893 g/mol. The fraction of sp³-hybridized carbons (Fsp3) is 0.400. The Morgan fingerprint density at radius 3 is 2.35 bits per heavy atom. The number of allylic oxidation sites excluding steroid dienone is 3. The summed E-state index contributed by atoms with van der Waals surface area (Å²) in [6, 6.07) is 14.6. The highest BCUT2D eigenvalue weighted by Crippen LogP contribution is 2.53. The number of hydrogen-bond acceptors (Lipinski definition) is 14. The van der Waals surface area contributed by atoms with E-state index >= 15 is 0 Å². The minimum absolute atomic E-state index is 0.0182. The van der Waals surface area contributed by atoms with Gasteiger partial charge in [-0.3, -0.25) is 14.4 Å². The summed E-state index contributed by atoms with van der Waals surface area (Å²) in [5.74, 6) is -6.22. The molecule has 3 aromatic carbocycles. The third kappa shape index (κ3) is 8.93. The van der Waals surface area contributed by atoms with Crippen LogP contribution in [0.2, 0.25) is 0 Å². The van der Waals surface area contributed by atoms with Gasteiger partial charge in [0, 0.05) is 73.0 Å². The maximum Gasteiger partial charge on any atom is 0.312 e. The number of hydrogen-bond donors (Lipinski definition) is 5. The molecule has 3 heterocycles. The van der Waals surface area contributed by atoms with E-state index in [4.69, 9.17) is 33.4 Å². The molecular formula is C50H56N2O13. The molecule has 1 unspecified atom stereocenters. The number of amides is 1. The van der Waals surface area contributed by atoms with Crippen molar-refractivity contribution in [2.24, 2.45) is 28.7 Å². The van der Waals surface area contributed by atoms with Gasteiger partial charge < -0.3 is 54.2 Å². The minimum atomic E-state index is -2.01. The van der Waals surface area contributed by atoms with Crippen molar-refractivity contribution in [1.82, 2.24) is 5.32 Å². The molecule has 0 fully saturated rings. The zero-order chi connectivity index (χ0) is 47.1. The first-order chi connectivity index (χ1) is 30.9. The van der Waals surface area contributed by atoms with Crippen molar-refractivity contribution in [3.63, 3.8) is 0 Å². The number of Topliss-reactive ketones (excluding diaryl/α,β-unsaturated/α-hetero) is 1. The topological polar surface area (TPSA) is 212 Å². The van der Waals surface area contributed by atoms with E-state index in [1.54, 1.807) is 65.0 Å². The van der Waals surface area contributed by atoms with Crippen LogP contribution < -0.4 is 19.5 Å². The first-order valence-corrected chi connectivity index (χ1v) is 21.6. The van der Waals surface area contributed by atoms with E-state index < -0.39 is 83.4 Å². The summed E-state index contributed by atoms with van der Waals surface area (Å²) in [4.78, 5) is 46.1. The molecule has 0 saturated heterocycles. The lowest BCUT2D eigenvalue weighted by Gasteiger charge is -2.38. The molecule has 1 amide bonds. The minimum Gasteiger partial charge on any atom is -0.507 e. The molecule has 0 aromatic heterocycles. The number of ether oxygens (including phenoxy) is 6. The largest absolute Gasteiger partial charge is 0.507 e. The van der Waals surface area contributed by atoms with Gasteiger partial charge in [0.05, 0.1) is 35.8 Å². The van der Waals surface area contributed by atoms with E-state index in [-0.39, 0.29) is 63.1 Å². The third-order valence-electron chi connectivity index (χ3n) is 12.7. The van der Waals surface area contributed by atoms with Gasteiger partial charge in [0.25, 0.3) is 11.7 Å². The van der Waals surface area contributed by atoms with E-state index in [0.29, 0.717) is 11.4 Å². The molecule has 5 N–H and O–H groups in total. The second-order valence-electron chi connectivity index (χ2n) is 17.3. The highest BCUT2D eigenvalue weighted by molar-refractivity contribution is 6.24. The molecule has 3 aliphatic heterocycles. The van der Waals surface area contributed by atoms with Crippen LogP contribution in [-0.4, -0.2) is 81.1 Å². The average Bonchev–Trinajstić information content (AvgIpc) is 3.55. The van der Waals surface area contributed by atoms with Crippen molar-refractivity contribution in [2.75, 3.05) is 7.11 Å². The second-order valence-corrected chi connectivity index (χ2v) is 17.3. The number of methoxy groups -OCH3 is 1. The number of phenols is 1. The number of aliphatic hydroxyl groups is 3. The van der Waals surface area contributed by atoms with Gasteiger partial charge in [-0.1, -0.05) is 76.3 Å². The first kappa shape index (κ1) is 46.7. The summed E-state index contributed by atoms with van der Waals surface area (Å²) in [7, 11) is 1.45. The highest BCUT2D eigenvalue weighted by atomic mass is 16.7. The molecule has 10 atom stereocenters. The van der Waals surface area contributed by atoms with Gasteiger partial charge >= 0.3 is 11.8 Å². The molecule has 0 spiro atoms. The van der Waals surface area contributed by atoms with Gasteiger partial charge in [0.1, 0.15) is 47.5 Å². The number of rotatable bonds is 5. The summed E-state index contributed by atoms with van der Waals surface area (Å²) >= 11 is 0. The molecule has 5 bridgehead atoms. The van der Waals surface area contributed by atoms with E-state index in [1.165, 1.54) is 46.3 Å². The van der Waals surface area contributed by atoms with Crippen LogP contribution in [0.5, 0.6) is 23.0 Å². The normalized spacial score (nSPS) is 30.8. The Labute approximate surface area is 377 Å². The van der Waals surface area contributed by atoms with E-state index in [2.05, 4.69) is 5.32 Å². The Morgan fingerprint density at radius 2 is 1.66 bits per heavy atom. The molecule has 65 heavy (non-hydrogen) atoms. The standard InChI is InChI=1S/C50H56N2O13/c1-24-14-13-15-25(2)49(59)52-40-44(57)37-36(39-47(40)64-35-22-32(18-19-33(35)51-39)61-23-31-16-11-10-12-17-31)38-46(29(6)43(37)56)65-50(8,48(38)58)62-21-20-34(60-9)26(3)45(63-30(7)53)28(5)42(55)27(4)41(24)54/h10-22,24,26-28,34,41-42,44-45,54-57H,23H2,1-9H3,(H,52,59)/b14-13+,21-20+,25-15-/t24-,26+,27+,28+,34-,41-,42+,44?,45+,50-/m0/s1. The summed E-state index contributed by atoms with van der Waals surface area (Å²) in [5.41, 5.74) is 1.33. The number of fused-ring (bicyclic) bond motifs is 4. The zero-order valence-corrected chi connectivity index (χ0v) is 37.8. The van der Waals surface area contributed by atoms with Crippen LogP contribution in [0.15, 0.2) is 101 Å². The lowest BCUT2D eigenvalue weighted by Crippen LogP contribution is -2.46. The lowest BCUT2D eigenvalue weighted by atomic mass is 9.78. The number of aliphatic imine (C=N–C) groups is 1. The Balaban J connectivity index is 1.36. The number of phenolic OH excluding ortho intramolecular Hbond substituents is 1. The first-order valence-electron chi connectivity index (χ1n) is 21.6. The maximum atomic E-state index is 14.8. The molecule has 0 radical (unpaired) electrons. The van der Waals surface area contributed by atoms with Crippen LogP contribution in [0.3, 0.4) is 0 Å². The van der Waals surface area contributed by atoms with Gasteiger partial charge in [0.15, 0.2) is 11.5 Å². The smallest absolute Gasteiger partial charge is 0.312 e. The molecule has 15 heteroatoms. The van der Waals surface area contributed by atoms with Gasteiger partial charge in [-0.2, -0.15) is 0 Å². The number of benzene rings is 3. The number of aliphatic hydroxyl groups excluding tert-OH is 3. The summed E-state index contributed by atoms with van der Waals surface area (Å²) in [5, 5.41) is 49.9. The SMILES string of the molecule is CO[C@H]1/C=C/O[C@@]2(C)Oc3c(C)c(O)c4c(c3C2=O)C2=Nc3ccc(OCc5ccccc5)cc3OC2=C(NC(=O)/C(C)=C\C=C\[C@H](C)[C@H](O)[C@@H](C)[C@@H](O)[C@@H](C)[C@H](OC(C)=O)[C@@H]1C)C4O. The van der Waals surface area contributed by atoms with E-state index in [9.17, 15) is 34.8 Å². The van der Waals surface area contributed by atoms with E-state index in [0.717, 1.165) is 5.56 Å². The summed E-state index contributed by atoms with van der Waals surface area (Å²) in [6.07, 6.45) is 1.96. The summed E-state index contributed by atoms with van der Waals surface area (Å²) in [6.45, 7) is 13.0. The lowest BCUT2D eigenvalue weighted by molar-refractivity contribution is -0.160. The van der Waals surface area contributed by atoms with Crippen molar-refractivity contribution in [3.8, 4) is 23.0 Å². The Morgan fingerprint density at radius 1 is 0.938 bits per heavy atom. The van der Waals surface area contributed by atoms with Crippen LogP contribution in [0.4, 0.5) is 5.69 Å². The molecule has 1 aliphatic carbocycles. The van der Waals surface area contributed by atoms with Crippen LogP contribution in [0, 0.1) is 30.6 Å². The van der Waals surface area contributed by atoms with Crippen molar-refractivity contribution < 1.29 is 63.2 Å². The van der Waals surface area contributed by atoms with Gasteiger partial charge in [-0.25, -0.2) is 4.99 Å². The third-order valence-corrected chi connectivity index (χ3v) is 12.7. The number of carbonyl (C=O) groups excluding carboxylic acids is 3. The van der Waals surface area contributed by atoms with Crippen LogP contribution in [0.25, 0.3) is 0 Å². The monoisotopic (exact) mass is 892 g/mol. The Bertz CT molecular complexity index is 2530. The second kappa shape index (κ2) is 18.7. The molecule has 0 saturated carbocycles. The zero-order valence-electron chi connectivity index (χ0n) is 37.8. The van der Waals surface area contributed by atoms with Gasteiger partial charge in [0.2, 0.25) is 0 Å². The number of nitrogens with zero attached hydrogens (tertiary/aromatic N) is 1. The Kier molecular flexibility index (Phi) is 13.4. The van der Waals surface area contributed by atoms with E-state index in [1.807, 2.05) is 30.3 Å². The van der Waals surface area contributed by atoms with Crippen molar-refractivity contribution in [3.05, 3.63) is 124 Å². The van der Waals surface area contributed by atoms with Crippen molar-refractivity contribution in [2.45, 2.75) is 98.3 Å². The highest BCUT2D eigenvalue weighted by Gasteiger charge is 2.53. The quantitative estimate of drug-likeness (QED) is 0.169. The molecular weight excluding hydrogens is 837 g/mol. The summed E-state index contributed by atoms with van der Waals surface area (Å²) < 4.78 is 36.5. The molecule has 344 valence electrons.